The van der Waals surface area contributed by atoms with Crippen LogP contribution in [0.15, 0.2) is 78.9 Å². The van der Waals surface area contributed by atoms with Crippen LogP contribution in [0.25, 0.3) is 0 Å². The van der Waals surface area contributed by atoms with Crippen molar-refractivity contribution < 1.29 is 14.4 Å². The molecular weight excluding hydrogens is 336 g/mol. The molecule has 132 valence electrons. The third kappa shape index (κ3) is 2.91. The maximum absolute atomic E-state index is 13.4. The molecule has 1 aliphatic rings. The lowest BCUT2D eigenvalue weighted by Gasteiger charge is -2.21. The maximum Gasteiger partial charge on any atom is 0.175 e. The number of aryl methyl sites for hydroxylation is 1. The highest BCUT2D eigenvalue weighted by molar-refractivity contribution is 6.29. The van der Waals surface area contributed by atoms with Crippen molar-refractivity contribution in [1.29, 1.82) is 0 Å². The minimum atomic E-state index is -1.02. The molecule has 3 heteroatoms. The molecular formula is C24H18O3. The summed E-state index contributed by atoms with van der Waals surface area (Å²) in [6.45, 7) is 1.91. The van der Waals surface area contributed by atoms with E-state index in [2.05, 4.69) is 0 Å². The molecule has 3 aromatic rings. The Morgan fingerprint density at radius 1 is 0.778 bits per heavy atom. The second-order valence-corrected chi connectivity index (χ2v) is 6.87. The summed E-state index contributed by atoms with van der Waals surface area (Å²) in [5.74, 6) is -2.60. The number of fused-ring (bicyclic) bond motifs is 1. The summed E-state index contributed by atoms with van der Waals surface area (Å²) in [5, 5.41) is 0. The number of carbonyl (C=O) groups excluding carboxylic acids is 3. The first kappa shape index (κ1) is 17.1. The summed E-state index contributed by atoms with van der Waals surface area (Å²) >= 11 is 0. The Morgan fingerprint density at radius 3 is 1.96 bits per heavy atom. The van der Waals surface area contributed by atoms with Crippen LogP contribution in [0.4, 0.5) is 0 Å². The van der Waals surface area contributed by atoms with Crippen molar-refractivity contribution >= 4 is 17.3 Å². The molecule has 0 N–H and O–H groups in total. The van der Waals surface area contributed by atoms with Crippen molar-refractivity contribution in [3.63, 3.8) is 0 Å². The molecule has 3 nitrogen and oxygen atoms in total. The molecule has 0 heterocycles. The smallest absolute Gasteiger partial charge is 0.175 e. The van der Waals surface area contributed by atoms with E-state index in [9.17, 15) is 14.4 Å². The van der Waals surface area contributed by atoms with Gasteiger partial charge in [0.1, 0.15) is 0 Å². The van der Waals surface area contributed by atoms with Gasteiger partial charge in [-0.3, -0.25) is 14.4 Å². The van der Waals surface area contributed by atoms with Gasteiger partial charge in [-0.2, -0.15) is 0 Å². The zero-order chi connectivity index (χ0) is 19.0. The molecule has 1 atom stereocenters. The summed E-state index contributed by atoms with van der Waals surface area (Å²) in [4.78, 5) is 39.5. The fourth-order valence-corrected chi connectivity index (χ4v) is 3.80. The summed E-state index contributed by atoms with van der Waals surface area (Å²) in [5.41, 5.74) is 2.97. The van der Waals surface area contributed by atoms with E-state index < -0.39 is 11.8 Å². The average molecular weight is 354 g/mol. The van der Waals surface area contributed by atoms with Gasteiger partial charge in [0.15, 0.2) is 17.3 Å². The van der Waals surface area contributed by atoms with E-state index in [1.807, 2.05) is 49.4 Å². The van der Waals surface area contributed by atoms with Gasteiger partial charge in [0.25, 0.3) is 0 Å². The summed E-state index contributed by atoms with van der Waals surface area (Å²) in [6, 6.07) is 23.2. The second-order valence-electron chi connectivity index (χ2n) is 6.87. The van der Waals surface area contributed by atoms with E-state index in [0.29, 0.717) is 22.3 Å². The topological polar surface area (TPSA) is 51.2 Å². The molecule has 0 saturated carbocycles. The van der Waals surface area contributed by atoms with E-state index in [1.54, 1.807) is 36.4 Å². The molecule has 0 amide bonds. The first-order valence-corrected chi connectivity index (χ1v) is 8.91. The van der Waals surface area contributed by atoms with E-state index in [0.717, 1.165) is 5.56 Å². The third-order valence-electron chi connectivity index (χ3n) is 5.10. The highest BCUT2D eigenvalue weighted by Gasteiger charge is 2.46. The highest BCUT2D eigenvalue weighted by Crippen LogP contribution is 2.38. The number of carbonyl (C=O) groups is 3. The molecule has 4 rings (SSSR count). The molecule has 1 aliphatic carbocycles. The van der Waals surface area contributed by atoms with Crippen LogP contribution in [0.2, 0.25) is 0 Å². The van der Waals surface area contributed by atoms with E-state index in [1.165, 1.54) is 0 Å². The first-order valence-electron chi connectivity index (χ1n) is 8.91. The Morgan fingerprint density at radius 2 is 1.37 bits per heavy atom. The average Bonchev–Trinajstić information content (AvgIpc) is 2.94. The van der Waals surface area contributed by atoms with Crippen molar-refractivity contribution in [3.05, 3.63) is 107 Å². The number of hydrogen-bond acceptors (Lipinski definition) is 3. The lowest BCUT2D eigenvalue weighted by molar-refractivity contribution is 0.0757. The minimum Gasteiger partial charge on any atom is -0.293 e. The monoisotopic (exact) mass is 354 g/mol. The van der Waals surface area contributed by atoms with Crippen molar-refractivity contribution in [3.8, 4) is 0 Å². The van der Waals surface area contributed by atoms with Gasteiger partial charge >= 0.3 is 0 Å². The van der Waals surface area contributed by atoms with E-state index in [-0.39, 0.29) is 17.3 Å². The van der Waals surface area contributed by atoms with Crippen LogP contribution in [0.3, 0.4) is 0 Å². The SMILES string of the molecule is Cc1cccc(C(=O)[C@@H](c2ccccc2)C2C(=O)c3ccccc3C2=O)c1. The van der Waals surface area contributed by atoms with E-state index in [4.69, 9.17) is 0 Å². The molecule has 0 aliphatic heterocycles. The Labute approximate surface area is 157 Å². The van der Waals surface area contributed by atoms with Gasteiger partial charge in [0.2, 0.25) is 0 Å². The molecule has 0 saturated heterocycles. The Balaban J connectivity index is 1.84. The van der Waals surface area contributed by atoms with Crippen LogP contribution >= 0.6 is 0 Å². The molecule has 27 heavy (non-hydrogen) atoms. The maximum atomic E-state index is 13.4. The molecule has 0 radical (unpaired) electrons. The number of rotatable bonds is 4. The first-order chi connectivity index (χ1) is 13.1. The van der Waals surface area contributed by atoms with E-state index >= 15 is 0 Å². The van der Waals surface area contributed by atoms with Gasteiger partial charge in [0.05, 0.1) is 11.8 Å². The summed E-state index contributed by atoms with van der Waals surface area (Å²) < 4.78 is 0. The Hall–Kier alpha value is -3.33. The quantitative estimate of drug-likeness (QED) is 0.506. The molecule has 0 unspecified atom stereocenters. The molecule has 0 fully saturated rings. The summed E-state index contributed by atoms with van der Waals surface area (Å²) in [6.07, 6.45) is 0. The fraction of sp³-hybridized carbons (Fsp3) is 0.125. The molecule has 3 aromatic carbocycles. The number of benzene rings is 3. The molecule has 0 aromatic heterocycles. The fourth-order valence-electron chi connectivity index (χ4n) is 3.80. The van der Waals surface area contributed by atoms with Crippen LogP contribution in [0, 0.1) is 12.8 Å². The van der Waals surface area contributed by atoms with Gasteiger partial charge in [-0.25, -0.2) is 0 Å². The van der Waals surface area contributed by atoms with Crippen molar-refractivity contribution in [2.24, 2.45) is 5.92 Å². The Bertz CT molecular complexity index is 1010. The van der Waals surface area contributed by atoms with Gasteiger partial charge < -0.3 is 0 Å². The lowest BCUT2D eigenvalue weighted by Crippen LogP contribution is -2.30. The predicted molar refractivity (Wildman–Crippen MR) is 103 cm³/mol. The minimum absolute atomic E-state index is 0.204. The lowest BCUT2D eigenvalue weighted by atomic mass is 9.78. The molecule has 0 spiro atoms. The Kier molecular flexibility index (Phi) is 4.28. The van der Waals surface area contributed by atoms with Crippen LogP contribution in [-0.2, 0) is 0 Å². The third-order valence-corrected chi connectivity index (χ3v) is 5.10. The van der Waals surface area contributed by atoms with Gasteiger partial charge in [-0.1, -0.05) is 78.4 Å². The van der Waals surface area contributed by atoms with Gasteiger partial charge in [-0.15, -0.1) is 0 Å². The zero-order valence-corrected chi connectivity index (χ0v) is 14.9. The van der Waals surface area contributed by atoms with Crippen molar-refractivity contribution in [1.82, 2.24) is 0 Å². The normalized spacial score (nSPS) is 14.9. The summed E-state index contributed by atoms with van der Waals surface area (Å²) in [7, 11) is 0. The second kappa shape index (κ2) is 6.76. The van der Waals surface area contributed by atoms with Crippen LogP contribution in [0.5, 0.6) is 0 Å². The zero-order valence-electron chi connectivity index (χ0n) is 14.9. The largest absolute Gasteiger partial charge is 0.293 e. The standard InChI is InChI=1S/C24H18O3/c1-15-8-7-11-17(14-15)22(25)20(16-9-3-2-4-10-16)21-23(26)18-12-5-6-13-19(18)24(21)27/h2-14,20-21H,1H3/t20-/m0/s1. The van der Waals surface area contributed by atoms with Crippen LogP contribution < -0.4 is 0 Å². The van der Waals surface area contributed by atoms with Crippen LogP contribution in [0.1, 0.15) is 48.1 Å². The number of Topliss-reactive ketones (excluding diaryl/α,β-unsaturated/α-hetero) is 3. The molecule has 0 bridgehead atoms. The van der Waals surface area contributed by atoms with Crippen LogP contribution in [-0.4, -0.2) is 17.3 Å². The van der Waals surface area contributed by atoms with Crippen molar-refractivity contribution in [2.45, 2.75) is 12.8 Å². The predicted octanol–water partition coefficient (Wildman–Crippen LogP) is 4.66. The number of ketones is 3. The van der Waals surface area contributed by atoms with Gasteiger partial charge in [0, 0.05) is 16.7 Å². The van der Waals surface area contributed by atoms with Crippen molar-refractivity contribution in [2.75, 3.05) is 0 Å². The number of hydrogen-bond donors (Lipinski definition) is 0. The van der Waals surface area contributed by atoms with Gasteiger partial charge in [-0.05, 0) is 18.6 Å². The highest BCUT2D eigenvalue weighted by atomic mass is 16.2.